The Balaban J connectivity index is 0.00000107. The molecule has 0 saturated carbocycles. The number of benzene rings is 1. The van der Waals surface area contributed by atoms with Crippen molar-refractivity contribution in [2.45, 2.75) is 32.5 Å². The Kier molecular flexibility index (Phi) is 8.61. The molecule has 0 bridgehead atoms. The van der Waals surface area contributed by atoms with Crippen LogP contribution in [-0.4, -0.2) is 54.7 Å². The van der Waals surface area contributed by atoms with Gasteiger partial charge in [-0.1, -0.05) is 6.92 Å². The van der Waals surface area contributed by atoms with Crippen LogP contribution in [0.2, 0.25) is 0 Å². The lowest BCUT2D eigenvalue weighted by atomic mass is 9.94. The summed E-state index contributed by atoms with van der Waals surface area (Å²) in [5, 5.41) is 13.6. The normalized spacial score (nSPS) is 18.8. The number of rotatable bonds is 5. The van der Waals surface area contributed by atoms with E-state index in [0.717, 1.165) is 24.7 Å². The minimum atomic E-state index is -4.44. The van der Waals surface area contributed by atoms with E-state index in [1.807, 2.05) is 0 Å². The summed E-state index contributed by atoms with van der Waals surface area (Å²) in [4.78, 5) is 25.5. The van der Waals surface area contributed by atoms with Gasteiger partial charge in [0.05, 0.1) is 11.1 Å². The van der Waals surface area contributed by atoms with Crippen LogP contribution in [0.3, 0.4) is 0 Å². The van der Waals surface area contributed by atoms with Crippen LogP contribution in [0.1, 0.15) is 25.8 Å². The standard InChI is InChI=1S/C20H25F3N4O.CH2O2/c1-13-10-15(25-9-8-24-14(2)28)12-27(11-13)18-6-5-17(20(21,22)23)19-16(18)4-3-7-26-19;2-1-3/h3-7,13,15,25H,8-12H2,1-2H3,(H,24,28);1H,(H,2,3)/t13-,15+;/m0./s1. The van der Waals surface area contributed by atoms with E-state index in [2.05, 4.69) is 27.4 Å². The number of nitrogens with zero attached hydrogens (tertiary/aromatic N) is 2. The molecule has 1 aromatic carbocycles. The summed E-state index contributed by atoms with van der Waals surface area (Å²) in [7, 11) is 0. The Morgan fingerprint density at radius 3 is 2.65 bits per heavy atom. The third-order valence-electron chi connectivity index (χ3n) is 4.98. The van der Waals surface area contributed by atoms with E-state index in [9.17, 15) is 18.0 Å². The maximum atomic E-state index is 13.4. The zero-order valence-corrected chi connectivity index (χ0v) is 17.4. The highest BCUT2D eigenvalue weighted by Crippen LogP contribution is 2.38. The van der Waals surface area contributed by atoms with Crippen LogP contribution >= 0.6 is 0 Å². The number of aromatic nitrogens is 1. The van der Waals surface area contributed by atoms with Gasteiger partial charge in [-0.2, -0.15) is 13.2 Å². The molecule has 1 aromatic heterocycles. The molecular formula is C21H27F3N4O3. The van der Waals surface area contributed by atoms with Gasteiger partial charge in [0.1, 0.15) is 0 Å². The van der Waals surface area contributed by atoms with Crippen molar-refractivity contribution in [1.29, 1.82) is 0 Å². The van der Waals surface area contributed by atoms with Gasteiger partial charge in [-0.15, -0.1) is 0 Å². The number of hydrogen-bond acceptors (Lipinski definition) is 5. The molecule has 0 radical (unpaired) electrons. The number of carbonyl (C=O) groups excluding carboxylic acids is 1. The molecule has 0 aliphatic carbocycles. The molecule has 2 atom stereocenters. The minimum absolute atomic E-state index is 0.0131. The highest BCUT2D eigenvalue weighted by molar-refractivity contribution is 5.94. The van der Waals surface area contributed by atoms with Crippen molar-refractivity contribution >= 4 is 29.0 Å². The molecular weight excluding hydrogens is 413 g/mol. The fraction of sp³-hybridized carbons (Fsp3) is 0.476. The van der Waals surface area contributed by atoms with Gasteiger partial charge in [-0.05, 0) is 36.6 Å². The molecule has 170 valence electrons. The second kappa shape index (κ2) is 10.9. The third-order valence-corrected chi connectivity index (χ3v) is 4.98. The van der Waals surface area contributed by atoms with Gasteiger partial charge in [0.25, 0.3) is 6.47 Å². The minimum Gasteiger partial charge on any atom is -0.483 e. The largest absolute Gasteiger partial charge is 0.483 e. The summed E-state index contributed by atoms with van der Waals surface area (Å²) in [6.07, 6.45) is -2.06. The van der Waals surface area contributed by atoms with Gasteiger partial charge < -0.3 is 20.6 Å². The van der Waals surface area contributed by atoms with E-state index in [-0.39, 0.29) is 23.9 Å². The Morgan fingerprint density at radius 1 is 1.29 bits per heavy atom. The zero-order chi connectivity index (χ0) is 23.0. The number of amides is 1. The van der Waals surface area contributed by atoms with Crippen molar-refractivity contribution in [3.63, 3.8) is 0 Å². The van der Waals surface area contributed by atoms with Gasteiger partial charge >= 0.3 is 6.18 Å². The molecule has 1 aliphatic heterocycles. The van der Waals surface area contributed by atoms with Gasteiger partial charge in [-0.25, -0.2) is 0 Å². The fourth-order valence-electron chi connectivity index (χ4n) is 3.87. The Hall–Kier alpha value is -2.88. The number of carbonyl (C=O) groups is 2. The first kappa shape index (κ1) is 24.4. The van der Waals surface area contributed by atoms with Crippen LogP contribution in [0.5, 0.6) is 0 Å². The SMILES string of the molecule is CC(=O)NCCN[C@@H]1C[C@H](C)CN(c2ccc(C(F)(F)F)c3ncccc23)C1.O=CO. The van der Waals surface area contributed by atoms with Gasteiger partial charge in [0.2, 0.25) is 5.91 Å². The van der Waals surface area contributed by atoms with Crippen molar-refractivity contribution in [1.82, 2.24) is 15.6 Å². The molecule has 7 nitrogen and oxygen atoms in total. The van der Waals surface area contributed by atoms with E-state index < -0.39 is 11.7 Å². The molecule has 1 aliphatic rings. The van der Waals surface area contributed by atoms with Crippen molar-refractivity contribution in [3.8, 4) is 0 Å². The molecule has 0 spiro atoms. The number of pyridine rings is 1. The third kappa shape index (κ3) is 6.81. The maximum Gasteiger partial charge on any atom is 0.418 e. The van der Waals surface area contributed by atoms with Crippen LogP contribution < -0.4 is 15.5 Å². The number of anilines is 1. The zero-order valence-electron chi connectivity index (χ0n) is 17.4. The molecule has 0 unspecified atom stereocenters. The monoisotopic (exact) mass is 440 g/mol. The summed E-state index contributed by atoms with van der Waals surface area (Å²) in [6, 6.07) is 6.25. The van der Waals surface area contributed by atoms with E-state index in [4.69, 9.17) is 9.90 Å². The molecule has 3 N–H and O–H groups in total. The van der Waals surface area contributed by atoms with Crippen LogP contribution in [0, 0.1) is 5.92 Å². The average Bonchev–Trinajstić information content (AvgIpc) is 2.69. The number of nitrogens with one attached hydrogen (secondary N) is 2. The topological polar surface area (TPSA) is 94.6 Å². The Morgan fingerprint density at radius 2 is 2.00 bits per heavy atom. The smallest absolute Gasteiger partial charge is 0.418 e. The molecule has 1 fully saturated rings. The molecule has 3 rings (SSSR count). The summed E-state index contributed by atoms with van der Waals surface area (Å²) in [5.74, 6) is 0.324. The highest BCUT2D eigenvalue weighted by Gasteiger charge is 2.34. The van der Waals surface area contributed by atoms with Crippen molar-refractivity contribution in [2.24, 2.45) is 5.92 Å². The number of carboxylic acid groups (broad SMARTS) is 1. The maximum absolute atomic E-state index is 13.4. The van der Waals surface area contributed by atoms with E-state index in [1.165, 1.54) is 13.1 Å². The molecule has 2 heterocycles. The number of fused-ring (bicyclic) bond motifs is 1. The quantitative estimate of drug-likeness (QED) is 0.489. The number of hydrogen-bond donors (Lipinski definition) is 3. The van der Waals surface area contributed by atoms with Crippen LogP contribution in [0.15, 0.2) is 30.5 Å². The first-order valence-electron chi connectivity index (χ1n) is 9.92. The molecule has 10 heteroatoms. The van der Waals surface area contributed by atoms with Gasteiger partial charge in [-0.3, -0.25) is 14.6 Å². The predicted molar refractivity (Wildman–Crippen MR) is 112 cm³/mol. The summed E-state index contributed by atoms with van der Waals surface area (Å²) in [6.45, 7) is 6.04. The lowest BCUT2D eigenvalue weighted by Gasteiger charge is -2.39. The summed E-state index contributed by atoms with van der Waals surface area (Å²) < 4.78 is 40.1. The van der Waals surface area contributed by atoms with Crippen LogP contribution in [0.25, 0.3) is 10.9 Å². The molecule has 2 aromatic rings. The predicted octanol–water partition coefficient (Wildman–Crippen LogP) is 2.89. The second-order valence-electron chi connectivity index (χ2n) is 7.51. The lowest BCUT2D eigenvalue weighted by Crippen LogP contribution is -2.50. The van der Waals surface area contributed by atoms with E-state index in [0.29, 0.717) is 30.9 Å². The fourth-order valence-corrected chi connectivity index (χ4v) is 3.87. The van der Waals surface area contributed by atoms with Crippen LogP contribution in [-0.2, 0) is 15.8 Å². The second-order valence-corrected chi connectivity index (χ2v) is 7.51. The first-order chi connectivity index (χ1) is 14.7. The first-order valence-corrected chi connectivity index (χ1v) is 9.92. The molecule has 31 heavy (non-hydrogen) atoms. The average molecular weight is 440 g/mol. The molecule has 1 saturated heterocycles. The van der Waals surface area contributed by atoms with Crippen LogP contribution in [0.4, 0.5) is 18.9 Å². The van der Waals surface area contributed by atoms with Crippen molar-refractivity contribution in [2.75, 3.05) is 31.1 Å². The van der Waals surface area contributed by atoms with Crippen molar-refractivity contribution in [3.05, 3.63) is 36.0 Å². The molecule has 1 amide bonds. The van der Waals surface area contributed by atoms with Gasteiger partial charge in [0, 0.05) is 56.4 Å². The Bertz CT molecular complexity index is 892. The van der Waals surface area contributed by atoms with E-state index in [1.54, 1.807) is 18.2 Å². The number of halogens is 3. The van der Waals surface area contributed by atoms with E-state index >= 15 is 0 Å². The number of alkyl halides is 3. The number of piperidine rings is 1. The summed E-state index contributed by atoms with van der Waals surface area (Å²) in [5.41, 5.74) is 0.0547. The van der Waals surface area contributed by atoms with Crippen molar-refractivity contribution < 1.29 is 27.9 Å². The highest BCUT2D eigenvalue weighted by atomic mass is 19.4. The van der Waals surface area contributed by atoms with Gasteiger partial charge in [0.15, 0.2) is 0 Å². The summed E-state index contributed by atoms with van der Waals surface area (Å²) >= 11 is 0. The Labute approximate surface area is 178 Å². The lowest BCUT2D eigenvalue weighted by molar-refractivity contribution is -0.136.